The van der Waals surface area contributed by atoms with E-state index in [0.717, 1.165) is 42.7 Å². The van der Waals surface area contributed by atoms with E-state index < -0.39 is 0 Å². The highest BCUT2D eigenvalue weighted by molar-refractivity contribution is 5.79. The molecule has 0 saturated carbocycles. The second-order valence-corrected chi connectivity index (χ2v) is 6.32. The van der Waals surface area contributed by atoms with E-state index in [4.69, 9.17) is 9.73 Å². The molecule has 0 unspecified atom stereocenters. The molecule has 148 valence electrons. The summed E-state index contributed by atoms with van der Waals surface area (Å²) in [7, 11) is 3.89. The van der Waals surface area contributed by atoms with Gasteiger partial charge >= 0.3 is 0 Å². The SMILES string of the molecule is CCOCCCNC(=NCc1nnc(C)n1C)N(C)Cc1ccc(F)cc1. The Morgan fingerprint density at radius 3 is 2.67 bits per heavy atom. The summed E-state index contributed by atoms with van der Waals surface area (Å²) < 4.78 is 20.4. The molecule has 0 atom stereocenters. The monoisotopic (exact) mass is 376 g/mol. The van der Waals surface area contributed by atoms with Crippen LogP contribution in [0, 0.1) is 12.7 Å². The summed E-state index contributed by atoms with van der Waals surface area (Å²) in [5.74, 6) is 2.18. The maximum atomic E-state index is 13.1. The Labute approximate surface area is 160 Å². The number of hydrogen-bond acceptors (Lipinski definition) is 4. The van der Waals surface area contributed by atoms with E-state index in [1.54, 1.807) is 12.1 Å². The van der Waals surface area contributed by atoms with Crippen molar-refractivity contribution in [1.29, 1.82) is 0 Å². The molecule has 2 rings (SSSR count). The standard InChI is InChI=1S/C19H29FN6O/c1-5-27-12-6-11-21-19(22-13-18-24-23-15(2)26(18)4)25(3)14-16-7-9-17(20)10-8-16/h7-10H,5-6,11-14H2,1-4H3,(H,21,22). The van der Waals surface area contributed by atoms with Crippen molar-refractivity contribution < 1.29 is 9.13 Å². The van der Waals surface area contributed by atoms with Crippen LogP contribution in [0.4, 0.5) is 4.39 Å². The molecular formula is C19H29FN6O. The smallest absolute Gasteiger partial charge is 0.194 e. The van der Waals surface area contributed by atoms with Gasteiger partial charge in [-0.3, -0.25) is 0 Å². The lowest BCUT2D eigenvalue weighted by atomic mass is 10.2. The van der Waals surface area contributed by atoms with Gasteiger partial charge in [0.25, 0.3) is 0 Å². The highest BCUT2D eigenvalue weighted by Crippen LogP contribution is 2.07. The van der Waals surface area contributed by atoms with Crippen LogP contribution in [-0.2, 0) is 24.9 Å². The molecule has 1 aromatic heterocycles. The summed E-state index contributed by atoms with van der Waals surface area (Å²) in [6.45, 7) is 7.13. The number of rotatable bonds is 9. The fourth-order valence-electron chi connectivity index (χ4n) is 2.50. The first-order valence-corrected chi connectivity index (χ1v) is 9.17. The second kappa shape index (κ2) is 10.6. The minimum Gasteiger partial charge on any atom is -0.382 e. The van der Waals surface area contributed by atoms with Crippen molar-refractivity contribution in [1.82, 2.24) is 25.0 Å². The lowest BCUT2D eigenvalue weighted by Gasteiger charge is -2.22. The third-order valence-corrected chi connectivity index (χ3v) is 4.20. The zero-order valence-electron chi connectivity index (χ0n) is 16.6. The molecule has 0 spiro atoms. The normalized spacial score (nSPS) is 11.7. The minimum atomic E-state index is -0.234. The van der Waals surface area contributed by atoms with Crippen LogP contribution >= 0.6 is 0 Å². The van der Waals surface area contributed by atoms with Gasteiger partial charge in [0.2, 0.25) is 0 Å². The number of guanidine groups is 1. The molecule has 0 amide bonds. The van der Waals surface area contributed by atoms with Crippen molar-refractivity contribution in [3.8, 4) is 0 Å². The van der Waals surface area contributed by atoms with Gasteiger partial charge in [-0.25, -0.2) is 9.38 Å². The summed E-state index contributed by atoms with van der Waals surface area (Å²) in [5.41, 5.74) is 1.01. The Morgan fingerprint density at radius 1 is 1.30 bits per heavy atom. The third-order valence-electron chi connectivity index (χ3n) is 4.20. The van der Waals surface area contributed by atoms with Gasteiger partial charge in [-0.05, 0) is 38.0 Å². The molecule has 0 fully saturated rings. The molecule has 0 aliphatic heterocycles. The molecule has 1 N–H and O–H groups in total. The topological polar surface area (TPSA) is 67.6 Å². The maximum Gasteiger partial charge on any atom is 0.194 e. The van der Waals surface area contributed by atoms with Crippen LogP contribution in [0.1, 0.15) is 30.6 Å². The van der Waals surface area contributed by atoms with Crippen LogP contribution in [0.5, 0.6) is 0 Å². The molecule has 27 heavy (non-hydrogen) atoms. The van der Waals surface area contributed by atoms with E-state index >= 15 is 0 Å². The van der Waals surface area contributed by atoms with Gasteiger partial charge in [0.1, 0.15) is 18.2 Å². The van der Waals surface area contributed by atoms with Gasteiger partial charge in [0, 0.05) is 40.4 Å². The highest BCUT2D eigenvalue weighted by atomic mass is 19.1. The fraction of sp³-hybridized carbons (Fsp3) is 0.526. The lowest BCUT2D eigenvalue weighted by Crippen LogP contribution is -2.39. The van der Waals surface area contributed by atoms with Crippen LogP contribution in [0.3, 0.4) is 0 Å². The van der Waals surface area contributed by atoms with E-state index in [9.17, 15) is 4.39 Å². The lowest BCUT2D eigenvalue weighted by molar-refractivity contribution is 0.145. The van der Waals surface area contributed by atoms with E-state index in [-0.39, 0.29) is 5.82 Å². The maximum absolute atomic E-state index is 13.1. The fourth-order valence-corrected chi connectivity index (χ4v) is 2.50. The summed E-state index contributed by atoms with van der Waals surface area (Å²) in [4.78, 5) is 6.70. The molecular weight excluding hydrogens is 347 g/mol. The molecule has 7 nitrogen and oxygen atoms in total. The predicted octanol–water partition coefficient (Wildman–Crippen LogP) is 2.27. The summed E-state index contributed by atoms with van der Waals surface area (Å²) in [5, 5.41) is 11.6. The molecule has 2 aromatic rings. The first-order valence-electron chi connectivity index (χ1n) is 9.17. The summed E-state index contributed by atoms with van der Waals surface area (Å²) >= 11 is 0. The second-order valence-electron chi connectivity index (χ2n) is 6.32. The van der Waals surface area contributed by atoms with Crippen molar-refractivity contribution in [2.45, 2.75) is 33.4 Å². The number of aromatic nitrogens is 3. The Hall–Kier alpha value is -2.48. The van der Waals surface area contributed by atoms with Gasteiger partial charge in [-0.2, -0.15) is 0 Å². The van der Waals surface area contributed by atoms with Crippen molar-refractivity contribution in [3.05, 3.63) is 47.3 Å². The molecule has 1 heterocycles. The van der Waals surface area contributed by atoms with Gasteiger partial charge < -0.3 is 19.5 Å². The van der Waals surface area contributed by atoms with Crippen LogP contribution < -0.4 is 5.32 Å². The summed E-state index contributed by atoms with van der Waals surface area (Å²) in [6.07, 6.45) is 0.889. The van der Waals surface area contributed by atoms with Crippen LogP contribution in [-0.4, -0.2) is 52.4 Å². The number of benzene rings is 1. The van der Waals surface area contributed by atoms with E-state index in [1.165, 1.54) is 12.1 Å². The van der Waals surface area contributed by atoms with E-state index in [2.05, 4.69) is 15.5 Å². The zero-order valence-corrected chi connectivity index (χ0v) is 16.6. The largest absolute Gasteiger partial charge is 0.382 e. The average molecular weight is 376 g/mol. The first-order chi connectivity index (χ1) is 13.0. The number of nitrogens with one attached hydrogen (secondary N) is 1. The van der Waals surface area contributed by atoms with Gasteiger partial charge in [0.15, 0.2) is 11.8 Å². The van der Waals surface area contributed by atoms with Gasteiger partial charge in [-0.1, -0.05) is 12.1 Å². The highest BCUT2D eigenvalue weighted by Gasteiger charge is 2.09. The molecule has 0 radical (unpaired) electrons. The molecule has 0 aliphatic rings. The number of aryl methyl sites for hydroxylation is 1. The molecule has 0 bridgehead atoms. The number of aliphatic imine (C=N–C) groups is 1. The third kappa shape index (κ3) is 6.63. The number of halogens is 1. The van der Waals surface area contributed by atoms with Crippen molar-refractivity contribution in [3.63, 3.8) is 0 Å². The van der Waals surface area contributed by atoms with Crippen molar-refractivity contribution >= 4 is 5.96 Å². The molecule has 8 heteroatoms. The van der Waals surface area contributed by atoms with E-state index in [0.29, 0.717) is 19.7 Å². The minimum absolute atomic E-state index is 0.234. The van der Waals surface area contributed by atoms with Crippen LogP contribution in [0.25, 0.3) is 0 Å². The number of ether oxygens (including phenoxy) is 1. The quantitative estimate of drug-likeness (QED) is 0.413. The number of hydrogen-bond donors (Lipinski definition) is 1. The Morgan fingerprint density at radius 2 is 2.04 bits per heavy atom. The molecule has 0 saturated heterocycles. The van der Waals surface area contributed by atoms with Crippen LogP contribution in [0.15, 0.2) is 29.3 Å². The average Bonchev–Trinajstić information content (AvgIpc) is 2.97. The Bertz CT molecular complexity index is 728. The Kier molecular flexibility index (Phi) is 8.19. The predicted molar refractivity (Wildman–Crippen MR) is 104 cm³/mol. The molecule has 1 aromatic carbocycles. The van der Waals surface area contributed by atoms with Crippen LogP contribution in [0.2, 0.25) is 0 Å². The first kappa shape index (κ1) is 20.8. The van der Waals surface area contributed by atoms with Crippen molar-refractivity contribution in [2.24, 2.45) is 12.0 Å². The van der Waals surface area contributed by atoms with E-state index in [1.807, 2.05) is 37.4 Å². The zero-order chi connectivity index (χ0) is 19.6. The Balaban J connectivity index is 2.03. The summed E-state index contributed by atoms with van der Waals surface area (Å²) in [6, 6.07) is 6.50. The number of nitrogens with zero attached hydrogens (tertiary/aromatic N) is 5. The molecule has 0 aliphatic carbocycles. The van der Waals surface area contributed by atoms with Gasteiger partial charge in [-0.15, -0.1) is 10.2 Å². The van der Waals surface area contributed by atoms with Crippen molar-refractivity contribution in [2.75, 3.05) is 26.8 Å². The van der Waals surface area contributed by atoms with Gasteiger partial charge in [0.05, 0.1) is 0 Å².